The Morgan fingerprint density at radius 3 is 2.11 bits per heavy atom. The molecule has 2 aliphatic rings. The number of hydrogen-bond donors (Lipinski definition) is 0. The highest BCUT2D eigenvalue weighted by molar-refractivity contribution is 5.05. The van der Waals surface area contributed by atoms with Gasteiger partial charge in [0.1, 0.15) is 0 Å². The van der Waals surface area contributed by atoms with Gasteiger partial charge in [-0.05, 0) is 36.0 Å². The van der Waals surface area contributed by atoms with Crippen LogP contribution < -0.4 is 0 Å². The van der Waals surface area contributed by atoms with Crippen LogP contribution in [0.5, 0.6) is 0 Å². The first kappa shape index (κ1) is 5.76. The van der Waals surface area contributed by atoms with Gasteiger partial charge in [0.25, 0.3) is 0 Å². The number of fused-ring (bicyclic) bond motifs is 1. The molecular formula is C9H16. The van der Waals surface area contributed by atoms with Crippen molar-refractivity contribution in [2.75, 3.05) is 0 Å². The van der Waals surface area contributed by atoms with Gasteiger partial charge in [-0.1, -0.05) is 20.8 Å². The van der Waals surface area contributed by atoms with Crippen molar-refractivity contribution >= 4 is 0 Å². The average molecular weight is 124 g/mol. The van der Waals surface area contributed by atoms with E-state index in [9.17, 15) is 0 Å². The number of hydrogen-bond acceptors (Lipinski definition) is 0. The molecule has 0 nitrogen and oxygen atoms in total. The van der Waals surface area contributed by atoms with Crippen LogP contribution in [0.2, 0.25) is 0 Å². The molecule has 0 aromatic rings. The topological polar surface area (TPSA) is 0 Å². The van der Waals surface area contributed by atoms with E-state index in [1.165, 1.54) is 12.8 Å². The Hall–Kier alpha value is 0. The molecule has 0 aliphatic heterocycles. The quantitative estimate of drug-likeness (QED) is 0.465. The molecule has 0 aromatic heterocycles. The van der Waals surface area contributed by atoms with Crippen LogP contribution >= 0.6 is 0 Å². The van der Waals surface area contributed by atoms with E-state index in [1.807, 2.05) is 0 Å². The molecule has 0 amide bonds. The second-order valence-electron chi connectivity index (χ2n) is 4.56. The third kappa shape index (κ3) is 0.595. The Kier molecular flexibility index (Phi) is 0.868. The maximum absolute atomic E-state index is 2.44. The van der Waals surface area contributed by atoms with E-state index in [0.717, 1.165) is 17.8 Å². The first-order chi connectivity index (χ1) is 4.12. The zero-order valence-electron chi connectivity index (χ0n) is 6.65. The highest BCUT2D eigenvalue weighted by Gasteiger charge is 2.56. The van der Waals surface area contributed by atoms with Crippen LogP contribution in [0.1, 0.15) is 33.6 Å². The van der Waals surface area contributed by atoms with E-state index in [1.54, 1.807) is 0 Å². The molecule has 9 heavy (non-hydrogen) atoms. The van der Waals surface area contributed by atoms with Gasteiger partial charge in [-0.15, -0.1) is 0 Å². The van der Waals surface area contributed by atoms with Crippen LogP contribution in [0.4, 0.5) is 0 Å². The maximum atomic E-state index is 2.44. The fourth-order valence-electron chi connectivity index (χ4n) is 2.54. The summed E-state index contributed by atoms with van der Waals surface area (Å²) in [5, 5.41) is 0. The maximum Gasteiger partial charge on any atom is -0.0297 e. The normalized spacial score (nSPS) is 53.0. The Morgan fingerprint density at radius 2 is 1.89 bits per heavy atom. The summed E-state index contributed by atoms with van der Waals surface area (Å²) < 4.78 is 0. The standard InChI is InChI=1S/C9H16/c1-6-4-7-5-8(7)9(6,2)3/h6-8H,4-5H2,1-3H3. The minimum Gasteiger partial charge on any atom is -0.0620 e. The second-order valence-corrected chi connectivity index (χ2v) is 4.56. The summed E-state index contributed by atoms with van der Waals surface area (Å²) in [6.07, 6.45) is 3.05. The summed E-state index contributed by atoms with van der Waals surface area (Å²) in [6.45, 7) is 7.29. The smallest absolute Gasteiger partial charge is 0.0297 e. The molecule has 0 spiro atoms. The highest BCUT2D eigenvalue weighted by Crippen LogP contribution is 2.64. The molecule has 0 radical (unpaired) electrons. The molecule has 0 aromatic carbocycles. The monoisotopic (exact) mass is 124 g/mol. The summed E-state index contributed by atoms with van der Waals surface area (Å²) in [7, 11) is 0. The molecule has 2 rings (SSSR count). The van der Waals surface area contributed by atoms with Crippen LogP contribution in [0.25, 0.3) is 0 Å². The first-order valence-corrected chi connectivity index (χ1v) is 4.12. The molecule has 3 atom stereocenters. The Bertz CT molecular complexity index is 131. The summed E-state index contributed by atoms with van der Waals surface area (Å²) >= 11 is 0. The fourth-order valence-corrected chi connectivity index (χ4v) is 2.54. The lowest BCUT2D eigenvalue weighted by atomic mass is 9.79. The van der Waals surface area contributed by atoms with Gasteiger partial charge >= 0.3 is 0 Å². The van der Waals surface area contributed by atoms with Gasteiger partial charge in [0.05, 0.1) is 0 Å². The molecule has 52 valence electrons. The van der Waals surface area contributed by atoms with Crippen LogP contribution in [0, 0.1) is 23.2 Å². The van der Waals surface area contributed by atoms with Gasteiger partial charge in [-0.3, -0.25) is 0 Å². The van der Waals surface area contributed by atoms with Crippen molar-refractivity contribution < 1.29 is 0 Å². The minimum absolute atomic E-state index is 0.685. The van der Waals surface area contributed by atoms with Gasteiger partial charge in [0.2, 0.25) is 0 Å². The SMILES string of the molecule is CC1CC2CC2C1(C)C. The molecule has 0 saturated heterocycles. The lowest BCUT2D eigenvalue weighted by molar-refractivity contribution is 0.231. The molecule has 0 bridgehead atoms. The molecule has 0 heteroatoms. The second kappa shape index (κ2) is 1.36. The average Bonchev–Trinajstić information content (AvgIpc) is 2.41. The molecular weight excluding hydrogens is 108 g/mol. The molecule has 2 fully saturated rings. The summed E-state index contributed by atoms with van der Waals surface area (Å²) in [5.41, 5.74) is 0.685. The highest BCUT2D eigenvalue weighted by atomic mass is 14.6. The minimum atomic E-state index is 0.685. The molecule has 0 N–H and O–H groups in total. The van der Waals surface area contributed by atoms with Crippen LogP contribution in [-0.4, -0.2) is 0 Å². The largest absolute Gasteiger partial charge is 0.0620 e. The Balaban J connectivity index is 2.20. The summed E-state index contributed by atoms with van der Waals surface area (Å²) in [5.74, 6) is 3.23. The third-order valence-corrected chi connectivity index (χ3v) is 3.80. The molecule has 2 aliphatic carbocycles. The molecule has 2 saturated carbocycles. The first-order valence-electron chi connectivity index (χ1n) is 4.12. The lowest BCUT2D eigenvalue weighted by Gasteiger charge is -2.26. The fraction of sp³-hybridized carbons (Fsp3) is 1.00. The van der Waals surface area contributed by atoms with E-state index in [-0.39, 0.29) is 0 Å². The van der Waals surface area contributed by atoms with Gasteiger partial charge in [0, 0.05) is 0 Å². The van der Waals surface area contributed by atoms with E-state index >= 15 is 0 Å². The van der Waals surface area contributed by atoms with E-state index in [0.29, 0.717) is 5.41 Å². The van der Waals surface area contributed by atoms with Crippen LogP contribution in [-0.2, 0) is 0 Å². The van der Waals surface area contributed by atoms with Gasteiger partial charge < -0.3 is 0 Å². The number of rotatable bonds is 0. The lowest BCUT2D eigenvalue weighted by Crippen LogP contribution is -2.18. The predicted octanol–water partition coefficient (Wildman–Crippen LogP) is 2.69. The Morgan fingerprint density at radius 1 is 1.22 bits per heavy atom. The van der Waals surface area contributed by atoms with Crippen molar-refractivity contribution in [3.05, 3.63) is 0 Å². The zero-order valence-corrected chi connectivity index (χ0v) is 6.65. The Labute approximate surface area is 57.6 Å². The van der Waals surface area contributed by atoms with Crippen molar-refractivity contribution in [2.24, 2.45) is 23.2 Å². The molecule has 0 heterocycles. The van der Waals surface area contributed by atoms with Gasteiger partial charge in [0.15, 0.2) is 0 Å². The van der Waals surface area contributed by atoms with E-state index in [4.69, 9.17) is 0 Å². The van der Waals surface area contributed by atoms with Crippen molar-refractivity contribution in [3.63, 3.8) is 0 Å². The van der Waals surface area contributed by atoms with Crippen molar-refractivity contribution in [1.82, 2.24) is 0 Å². The van der Waals surface area contributed by atoms with Gasteiger partial charge in [-0.25, -0.2) is 0 Å². The summed E-state index contributed by atoms with van der Waals surface area (Å²) in [4.78, 5) is 0. The van der Waals surface area contributed by atoms with Crippen molar-refractivity contribution in [3.8, 4) is 0 Å². The molecule has 3 unspecified atom stereocenters. The van der Waals surface area contributed by atoms with Crippen LogP contribution in [0.3, 0.4) is 0 Å². The predicted molar refractivity (Wildman–Crippen MR) is 39.2 cm³/mol. The van der Waals surface area contributed by atoms with E-state index in [2.05, 4.69) is 20.8 Å². The van der Waals surface area contributed by atoms with E-state index < -0.39 is 0 Å². The zero-order chi connectivity index (χ0) is 6.65. The third-order valence-electron chi connectivity index (χ3n) is 3.80. The van der Waals surface area contributed by atoms with Crippen molar-refractivity contribution in [2.45, 2.75) is 33.6 Å². The van der Waals surface area contributed by atoms with Crippen molar-refractivity contribution in [1.29, 1.82) is 0 Å². The summed E-state index contributed by atoms with van der Waals surface area (Å²) in [6, 6.07) is 0. The van der Waals surface area contributed by atoms with Crippen LogP contribution in [0.15, 0.2) is 0 Å². The van der Waals surface area contributed by atoms with Gasteiger partial charge in [-0.2, -0.15) is 0 Å².